The van der Waals surface area contributed by atoms with Crippen LogP contribution in [0.15, 0.2) is 18.2 Å². The van der Waals surface area contributed by atoms with E-state index in [1.54, 1.807) is 7.11 Å². The summed E-state index contributed by atoms with van der Waals surface area (Å²) in [6.07, 6.45) is 7.45. The number of hydrogen-bond donors (Lipinski definition) is 1. The van der Waals surface area contributed by atoms with Crippen molar-refractivity contribution in [2.24, 2.45) is 5.41 Å². The number of methoxy groups -OCH3 is 1. The number of rotatable bonds is 3. The maximum Gasteiger partial charge on any atom is 0.119 e. The van der Waals surface area contributed by atoms with Gasteiger partial charge in [-0.2, -0.15) is 0 Å². The lowest BCUT2D eigenvalue weighted by Crippen LogP contribution is -2.42. The summed E-state index contributed by atoms with van der Waals surface area (Å²) >= 11 is 0. The molecule has 2 aliphatic rings. The Hall–Kier alpha value is -0.870. The maximum absolute atomic E-state index is 12.8. The zero-order valence-corrected chi connectivity index (χ0v) is 15.6. The van der Waals surface area contributed by atoms with Crippen molar-refractivity contribution in [2.75, 3.05) is 7.11 Å². The Morgan fingerprint density at radius 1 is 1.22 bits per heavy atom. The Bertz CT molecular complexity index is 600. The van der Waals surface area contributed by atoms with Crippen molar-refractivity contribution in [3.63, 3.8) is 0 Å². The first-order chi connectivity index (χ1) is 10.9. The number of hydrogen-bond acceptors (Lipinski definition) is 2. The van der Waals surface area contributed by atoms with Crippen LogP contribution >= 0.6 is 0 Å². The van der Waals surface area contributed by atoms with E-state index in [2.05, 4.69) is 22.9 Å². The number of fused-ring (bicyclic) bond motifs is 1. The molecule has 0 aliphatic heterocycles. The van der Waals surface area contributed by atoms with E-state index < -0.39 is 11.0 Å². The Labute approximate surface area is 142 Å². The van der Waals surface area contributed by atoms with Crippen LogP contribution in [0.5, 0.6) is 5.75 Å². The summed E-state index contributed by atoms with van der Waals surface area (Å²) in [5.41, 5.74) is 2.92. The summed E-state index contributed by atoms with van der Waals surface area (Å²) in [6.45, 7) is 6.10. The van der Waals surface area contributed by atoms with Crippen molar-refractivity contribution in [3.05, 3.63) is 29.3 Å². The molecule has 2 aliphatic carbocycles. The quantitative estimate of drug-likeness (QED) is 0.894. The Kier molecular flexibility index (Phi) is 4.58. The summed E-state index contributed by atoms with van der Waals surface area (Å²) < 4.78 is 21.5. The first kappa shape index (κ1) is 17.0. The average Bonchev–Trinajstić information content (AvgIpc) is 2.79. The molecule has 3 rings (SSSR count). The summed E-state index contributed by atoms with van der Waals surface area (Å²) in [5, 5.41) is 0. The molecule has 1 spiro atoms. The molecule has 1 N–H and O–H groups in total. The van der Waals surface area contributed by atoms with E-state index in [-0.39, 0.29) is 16.2 Å². The second-order valence-corrected chi connectivity index (χ2v) is 10.1. The highest BCUT2D eigenvalue weighted by atomic mass is 32.2. The van der Waals surface area contributed by atoms with Gasteiger partial charge in [0.1, 0.15) is 5.75 Å². The molecule has 0 bridgehead atoms. The molecular weight excluding hydrogens is 306 g/mol. The topological polar surface area (TPSA) is 38.3 Å². The van der Waals surface area contributed by atoms with E-state index in [0.29, 0.717) is 0 Å². The van der Waals surface area contributed by atoms with Gasteiger partial charge >= 0.3 is 0 Å². The minimum Gasteiger partial charge on any atom is -0.497 e. The molecule has 0 saturated heterocycles. The average molecular weight is 336 g/mol. The van der Waals surface area contributed by atoms with Gasteiger partial charge in [0, 0.05) is 0 Å². The molecule has 1 unspecified atom stereocenters. The molecule has 0 aromatic heterocycles. The van der Waals surface area contributed by atoms with Crippen LogP contribution in [0.4, 0.5) is 0 Å². The van der Waals surface area contributed by atoms with Crippen LogP contribution in [0.2, 0.25) is 0 Å². The molecule has 1 aromatic carbocycles. The first-order valence-corrected chi connectivity index (χ1v) is 9.86. The van der Waals surface area contributed by atoms with Crippen LogP contribution in [0.3, 0.4) is 0 Å². The van der Waals surface area contributed by atoms with E-state index in [1.165, 1.54) is 43.2 Å². The highest BCUT2D eigenvalue weighted by molar-refractivity contribution is 7.84. The predicted molar refractivity (Wildman–Crippen MR) is 96.0 cm³/mol. The largest absolute Gasteiger partial charge is 0.497 e. The first-order valence-electron chi connectivity index (χ1n) is 8.71. The smallest absolute Gasteiger partial charge is 0.119 e. The second kappa shape index (κ2) is 6.21. The third-order valence-electron chi connectivity index (χ3n) is 5.45. The maximum atomic E-state index is 12.8. The lowest BCUT2D eigenvalue weighted by atomic mass is 9.70. The minimum absolute atomic E-state index is 0.174. The van der Waals surface area contributed by atoms with Gasteiger partial charge in [-0.1, -0.05) is 25.3 Å². The normalized spacial score (nSPS) is 24.4. The minimum atomic E-state index is -1.06. The molecule has 2 atom stereocenters. The Balaban J connectivity index is 1.98. The lowest BCUT2D eigenvalue weighted by Gasteiger charge is -2.40. The van der Waals surface area contributed by atoms with E-state index in [9.17, 15) is 4.21 Å². The molecule has 0 heterocycles. The number of ether oxygens (including phenoxy) is 1. The zero-order valence-electron chi connectivity index (χ0n) is 14.8. The SMILES string of the molecule is COc1ccc2c(c1)[C@@H](NS(=O)C(C)(C)C)C1(CCCCC1)C2. The van der Waals surface area contributed by atoms with Crippen LogP contribution in [0, 0.1) is 5.41 Å². The van der Waals surface area contributed by atoms with Gasteiger partial charge in [-0.25, -0.2) is 8.93 Å². The van der Waals surface area contributed by atoms with Crippen LogP contribution in [-0.4, -0.2) is 16.1 Å². The Morgan fingerprint density at radius 3 is 2.52 bits per heavy atom. The van der Waals surface area contributed by atoms with Crippen molar-refractivity contribution in [1.82, 2.24) is 4.72 Å². The van der Waals surface area contributed by atoms with Crippen molar-refractivity contribution < 1.29 is 8.95 Å². The standard InChI is InChI=1S/C19H29NO2S/c1-18(2,3)23(21)20-17-16-12-15(22-4)9-8-14(16)13-19(17)10-6-5-7-11-19/h8-9,12,17,20H,5-7,10-11,13H2,1-4H3/t17-,23?/m1/s1. The van der Waals surface area contributed by atoms with Crippen LogP contribution in [-0.2, 0) is 17.4 Å². The van der Waals surface area contributed by atoms with E-state index in [4.69, 9.17) is 4.74 Å². The van der Waals surface area contributed by atoms with E-state index >= 15 is 0 Å². The molecule has 0 amide bonds. The molecule has 3 nitrogen and oxygen atoms in total. The number of benzene rings is 1. The van der Waals surface area contributed by atoms with Crippen molar-refractivity contribution in [1.29, 1.82) is 0 Å². The fourth-order valence-corrected chi connectivity index (χ4v) is 5.08. The van der Waals surface area contributed by atoms with Gasteiger partial charge in [-0.05, 0) is 68.7 Å². The van der Waals surface area contributed by atoms with Crippen LogP contribution in [0.25, 0.3) is 0 Å². The summed E-state index contributed by atoms with van der Waals surface area (Å²) in [5.74, 6) is 0.893. The monoisotopic (exact) mass is 335 g/mol. The fourth-order valence-electron chi connectivity index (χ4n) is 4.13. The predicted octanol–water partition coefficient (Wildman–Crippen LogP) is 4.29. The van der Waals surface area contributed by atoms with Gasteiger partial charge in [-0.3, -0.25) is 0 Å². The summed E-state index contributed by atoms with van der Waals surface area (Å²) in [4.78, 5) is 0. The van der Waals surface area contributed by atoms with Gasteiger partial charge in [0.25, 0.3) is 0 Å². The summed E-state index contributed by atoms with van der Waals surface area (Å²) in [6, 6.07) is 6.58. The third kappa shape index (κ3) is 3.20. The van der Waals surface area contributed by atoms with Crippen molar-refractivity contribution in [3.8, 4) is 5.75 Å². The van der Waals surface area contributed by atoms with E-state index in [0.717, 1.165) is 12.2 Å². The highest BCUT2D eigenvalue weighted by Gasteiger charge is 2.47. The molecular formula is C19H29NO2S. The molecule has 1 saturated carbocycles. The fraction of sp³-hybridized carbons (Fsp3) is 0.684. The van der Waals surface area contributed by atoms with Gasteiger partial charge in [0.05, 0.1) is 28.9 Å². The van der Waals surface area contributed by atoms with E-state index in [1.807, 2.05) is 20.8 Å². The second-order valence-electron chi connectivity index (χ2n) is 8.10. The highest BCUT2D eigenvalue weighted by Crippen LogP contribution is 2.54. The number of nitrogens with one attached hydrogen (secondary N) is 1. The molecule has 1 fully saturated rings. The Morgan fingerprint density at radius 2 is 1.91 bits per heavy atom. The molecule has 0 radical (unpaired) electrons. The molecule has 1 aromatic rings. The van der Waals surface area contributed by atoms with Crippen LogP contribution < -0.4 is 9.46 Å². The molecule has 128 valence electrons. The van der Waals surface area contributed by atoms with Crippen molar-refractivity contribution >= 4 is 11.0 Å². The van der Waals surface area contributed by atoms with Gasteiger partial charge in [-0.15, -0.1) is 0 Å². The zero-order chi connectivity index (χ0) is 16.7. The van der Waals surface area contributed by atoms with Crippen molar-refractivity contribution in [2.45, 2.75) is 70.1 Å². The third-order valence-corrected chi connectivity index (χ3v) is 7.01. The van der Waals surface area contributed by atoms with Crippen LogP contribution in [0.1, 0.15) is 70.0 Å². The van der Waals surface area contributed by atoms with Gasteiger partial charge < -0.3 is 4.74 Å². The van der Waals surface area contributed by atoms with Gasteiger partial charge in [0.15, 0.2) is 0 Å². The summed E-state index contributed by atoms with van der Waals surface area (Å²) in [7, 11) is 0.650. The lowest BCUT2D eigenvalue weighted by molar-refractivity contribution is 0.153. The molecule has 23 heavy (non-hydrogen) atoms. The van der Waals surface area contributed by atoms with Gasteiger partial charge in [0.2, 0.25) is 0 Å². The molecule has 4 heteroatoms.